The van der Waals surface area contributed by atoms with Crippen molar-refractivity contribution in [2.75, 3.05) is 0 Å². The lowest BCUT2D eigenvalue weighted by Crippen LogP contribution is -2.29. The molecule has 4 heterocycles. The Morgan fingerprint density at radius 3 is 2.61 bits per heavy atom. The smallest absolute Gasteiger partial charge is 0.255 e. The average Bonchev–Trinajstić information content (AvgIpc) is 3.62. The van der Waals surface area contributed by atoms with Crippen molar-refractivity contribution in [1.82, 2.24) is 34.3 Å². The van der Waals surface area contributed by atoms with Gasteiger partial charge in [-0.15, -0.1) is 0 Å². The van der Waals surface area contributed by atoms with Crippen LogP contribution in [0.3, 0.4) is 0 Å². The van der Waals surface area contributed by atoms with Gasteiger partial charge in [-0.05, 0) is 50.2 Å². The minimum absolute atomic E-state index is 0.195. The SMILES string of the molecule is Cc1nn2ccccc2c1C(=O)N[C@@H](C)c1nc2cccc(C#Cc3cnn(C)c3)c2n1-c1ccccc1. The molecule has 38 heavy (non-hydrogen) atoms. The van der Waals surface area contributed by atoms with Gasteiger partial charge in [0.1, 0.15) is 5.82 Å². The van der Waals surface area contributed by atoms with Crippen molar-refractivity contribution >= 4 is 22.5 Å². The maximum Gasteiger partial charge on any atom is 0.255 e. The molecular formula is C30H25N7O. The molecular weight excluding hydrogens is 474 g/mol. The van der Waals surface area contributed by atoms with Crippen LogP contribution in [0.25, 0.3) is 22.2 Å². The van der Waals surface area contributed by atoms with Gasteiger partial charge in [-0.1, -0.05) is 42.2 Å². The number of aromatic nitrogens is 6. The number of aryl methyl sites for hydroxylation is 2. The number of rotatable bonds is 4. The van der Waals surface area contributed by atoms with Crippen LogP contribution in [0.5, 0.6) is 0 Å². The zero-order chi connectivity index (χ0) is 26.2. The fourth-order valence-corrected chi connectivity index (χ4v) is 4.73. The van der Waals surface area contributed by atoms with Gasteiger partial charge in [-0.3, -0.25) is 14.0 Å². The van der Waals surface area contributed by atoms with E-state index in [-0.39, 0.29) is 5.91 Å². The van der Waals surface area contributed by atoms with Crippen molar-refractivity contribution in [3.8, 4) is 17.5 Å². The van der Waals surface area contributed by atoms with Crippen LogP contribution in [0.4, 0.5) is 0 Å². The van der Waals surface area contributed by atoms with E-state index in [0.29, 0.717) is 17.1 Å². The first-order valence-corrected chi connectivity index (χ1v) is 12.3. The summed E-state index contributed by atoms with van der Waals surface area (Å²) in [5.41, 5.74) is 6.29. The third-order valence-electron chi connectivity index (χ3n) is 6.44. The van der Waals surface area contributed by atoms with Gasteiger partial charge in [-0.25, -0.2) is 9.50 Å². The van der Waals surface area contributed by atoms with Crippen LogP contribution in [0.1, 0.15) is 46.0 Å². The van der Waals surface area contributed by atoms with Crippen LogP contribution in [-0.4, -0.2) is 34.9 Å². The predicted octanol–water partition coefficient (Wildman–Crippen LogP) is 4.61. The summed E-state index contributed by atoms with van der Waals surface area (Å²) in [7, 11) is 1.87. The third-order valence-corrected chi connectivity index (χ3v) is 6.44. The summed E-state index contributed by atoms with van der Waals surface area (Å²) in [6.07, 6.45) is 5.46. The highest BCUT2D eigenvalue weighted by Crippen LogP contribution is 2.28. The minimum Gasteiger partial charge on any atom is -0.342 e. The van der Waals surface area contributed by atoms with E-state index in [9.17, 15) is 4.79 Å². The molecule has 0 unspecified atom stereocenters. The first-order chi connectivity index (χ1) is 18.5. The molecule has 0 bridgehead atoms. The van der Waals surface area contributed by atoms with E-state index in [1.165, 1.54) is 0 Å². The molecule has 0 saturated heterocycles. The number of amides is 1. The number of hydrogen-bond acceptors (Lipinski definition) is 4. The number of hydrogen-bond donors (Lipinski definition) is 1. The van der Waals surface area contributed by atoms with E-state index >= 15 is 0 Å². The van der Waals surface area contributed by atoms with Crippen molar-refractivity contribution in [2.45, 2.75) is 19.9 Å². The highest BCUT2D eigenvalue weighted by molar-refractivity contribution is 6.02. The second-order valence-electron chi connectivity index (χ2n) is 9.15. The zero-order valence-corrected chi connectivity index (χ0v) is 21.3. The van der Waals surface area contributed by atoms with Gasteiger partial charge in [0.05, 0.1) is 51.2 Å². The van der Waals surface area contributed by atoms with E-state index < -0.39 is 6.04 Å². The van der Waals surface area contributed by atoms with Crippen molar-refractivity contribution in [1.29, 1.82) is 0 Å². The topological polar surface area (TPSA) is 82.0 Å². The molecule has 6 aromatic rings. The lowest BCUT2D eigenvalue weighted by molar-refractivity contribution is 0.0939. The summed E-state index contributed by atoms with van der Waals surface area (Å²) in [6, 6.07) is 21.2. The van der Waals surface area contributed by atoms with E-state index in [2.05, 4.69) is 31.9 Å². The molecule has 2 aromatic carbocycles. The maximum atomic E-state index is 13.5. The molecule has 0 aliphatic rings. The summed E-state index contributed by atoms with van der Waals surface area (Å²) in [5, 5.41) is 11.9. The van der Waals surface area contributed by atoms with Gasteiger partial charge < -0.3 is 5.32 Å². The lowest BCUT2D eigenvalue weighted by Gasteiger charge is -2.17. The molecule has 0 saturated carbocycles. The van der Waals surface area contributed by atoms with E-state index in [4.69, 9.17) is 4.98 Å². The molecule has 6 rings (SSSR count). The molecule has 8 nitrogen and oxygen atoms in total. The van der Waals surface area contributed by atoms with Gasteiger partial charge in [-0.2, -0.15) is 10.2 Å². The van der Waals surface area contributed by atoms with Crippen molar-refractivity contribution < 1.29 is 4.79 Å². The van der Waals surface area contributed by atoms with Gasteiger partial charge in [0.2, 0.25) is 0 Å². The number of carbonyl (C=O) groups excluding carboxylic acids is 1. The Hall–Kier alpha value is -5.16. The Morgan fingerprint density at radius 2 is 1.82 bits per heavy atom. The Bertz CT molecular complexity index is 1860. The molecule has 4 aromatic heterocycles. The maximum absolute atomic E-state index is 13.5. The summed E-state index contributed by atoms with van der Waals surface area (Å²) in [5.74, 6) is 7.04. The van der Waals surface area contributed by atoms with Crippen LogP contribution >= 0.6 is 0 Å². The number of fused-ring (bicyclic) bond motifs is 2. The van der Waals surface area contributed by atoms with Crippen LogP contribution in [0, 0.1) is 18.8 Å². The number of nitrogens with zero attached hydrogens (tertiary/aromatic N) is 6. The van der Waals surface area contributed by atoms with Gasteiger partial charge in [0.15, 0.2) is 0 Å². The van der Waals surface area contributed by atoms with E-state index in [1.54, 1.807) is 15.4 Å². The standard InChI is InChI=1S/C30H25N7O/c1-20-27(26-14-7-8-17-36(26)34-20)30(38)32-21(2)29-33-25-13-9-10-23(16-15-22-18-31-35(3)19-22)28(25)37(29)24-11-5-4-6-12-24/h4-14,17-19,21H,1-3H3,(H,32,38)/t21-/m0/s1. The van der Waals surface area contributed by atoms with Crippen LogP contribution in [-0.2, 0) is 7.05 Å². The van der Waals surface area contributed by atoms with Crippen molar-refractivity contribution in [3.63, 3.8) is 0 Å². The quantitative estimate of drug-likeness (QED) is 0.359. The molecule has 0 aliphatic carbocycles. The summed E-state index contributed by atoms with van der Waals surface area (Å²) in [4.78, 5) is 18.5. The van der Waals surface area contributed by atoms with Gasteiger partial charge in [0, 0.05) is 25.1 Å². The number of pyridine rings is 1. The predicted molar refractivity (Wildman–Crippen MR) is 146 cm³/mol. The molecule has 0 spiro atoms. The minimum atomic E-state index is -0.396. The Labute approximate surface area is 219 Å². The molecule has 8 heteroatoms. The van der Waals surface area contributed by atoms with Crippen LogP contribution in [0.2, 0.25) is 0 Å². The monoisotopic (exact) mass is 499 g/mol. The summed E-state index contributed by atoms with van der Waals surface area (Å²) in [6.45, 7) is 3.79. The Morgan fingerprint density at radius 1 is 1.00 bits per heavy atom. The number of para-hydroxylation sites is 2. The molecule has 1 amide bonds. The van der Waals surface area contributed by atoms with E-state index in [1.807, 2.05) is 100 Å². The molecule has 0 fully saturated rings. The Kier molecular flexibility index (Phi) is 5.74. The lowest BCUT2D eigenvalue weighted by atomic mass is 10.1. The van der Waals surface area contributed by atoms with Gasteiger partial charge in [0.25, 0.3) is 5.91 Å². The summed E-state index contributed by atoms with van der Waals surface area (Å²) < 4.78 is 5.53. The first kappa shape index (κ1) is 23.3. The molecule has 0 aliphatic heterocycles. The molecule has 186 valence electrons. The molecule has 0 radical (unpaired) electrons. The summed E-state index contributed by atoms with van der Waals surface area (Å²) >= 11 is 0. The number of carbonyl (C=O) groups is 1. The number of imidazole rings is 1. The second kappa shape index (κ2) is 9.37. The highest BCUT2D eigenvalue weighted by atomic mass is 16.1. The second-order valence-corrected chi connectivity index (χ2v) is 9.15. The number of benzene rings is 2. The normalized spacial score (nSPS) is 11.9. The highest BCUT2D eigenvalue weighted by Gasteiger charge is 2.24. The van der Waals surface area contributed by atoms with Crippen molar-refractivity contribution in [2.24, 2.45) is 7.05 Å². The fraction of sp³-hybridized carbons (Fsp3) is 0.133. The van der Waals surface area contributed by atoms with Crippen molar-refractivity contribution in [3.05, 3.63) is 114 Å². The van der Waals surface area contributed by atoms with Crippen LogP contribution in [0.15, 0.2) is 85.3 Å². The van der Waals surface area contributed by atoms with E-state index in [0.717, 1.165) is 33.4 Å². The Balaban J connectivity index is 1.45. The van der Waals surface area contributed by atoms with Gasteiger partial charge >= 0.3 is 0 Å². The first-order valence-electron chi connectivity index (χ1n) is 12.3. The third kappa shape index (κ3) is 4.10. The fourth-order valence-electron chi connectivity index (χ4n) is 4.73. The molecule has 1 atom stereocenters. The molecule has 1 N–H and O–H groups in total. The number of nitrogens with one attached hydrogen (secondary N) is 1. The zero-order valence-electron chi connectivity index (χ0n) is 21.3. The largest absolute Gasteiger partial charge is 0.342 e. The average molecular weight is 500 g/mol. The van der Waals surface area contributed by atoms with Crippen LogP contribution < -0.4 is 5.32 Å².